The molecule has 1 aliphatic rings. The topological polar surface area (TPSA) is 72.7 Å². The van der Waals surface area contributed by atoms with E-state index in [1.807, 2.05) is 18.2 Å². The van der Waals surface area contributed by atoms with Crippen LogP contribution >= 0.6 is 11.6 Å². The van der Waals surface area contributed by atoms with Crippen LogP contribution in [0.25, 0.3) is 0 Å². The van der Waals surface area contributed by atoms with E-state index >= 15 is 0 Å². The second kappa shape index (κ2) is 8.22. The smallest absolute Gasteiger partial charge is 0.254 e. The van der Waals surface area contributed by atoms with Crippen molar-refractivity contribution in [3.8, 4) is 5.75 Å². The summed E-state index contributed by atoms with van der Waals surface area (Å²) in [6.45, 7) is 0. The molecule has 0 radical (unpaired) electrons. The number of hydrogen-bond donors (Lipinski definition) is 1. The summed E-state index contributed by atoms with van der Waals surface area (Å²) in [6, 6.07) is 8.48. The average Bonchev–Trinajstić information content (AvgIpc) is 2.65. The summed E-state index contributed by atoms with van der Waals surface area (Å²) in [6.07, 6.45) is 6.28. The van der Waals surface area contributed by atoms with Crippen LogP contribution in [0.2, 0.25) is 5.02 Å². The van der Waals surface area contributed by atoms with Crippen LogP contribution in [0.5, 0.6) is 5.75 Å². The number of pyridine rings is 1. The first kappa shape index (κ1) is 18.9. The zero-order chi connectivity index (χ0) is 19.4. The summed E-state index contributed by atoms with van der Waals surface area (Å²) in [4.78, 5) is 28.1. The molecule has 1 amide bonds. The maximum Gasteiger partial charge on any atom is 0.254 e. The fourth-order valence-electron chi connectivity index (χ4n) is 2.82. The van der Waals surface area contributed by atoms with E-state index in [1.165, 1.54) is 22.9 Å². The van der Waals surface area contributed by atoms with E-state index in [0.717, 1.165) is 11.1 Å². The number of nitrogens with zero attached hydrogens (tertiary/aromatic N) is 2. The Kier molecular flexibility index (Phi) is 5.76. The molecule has 0 bridgehead atoms. The normalized spacial score (nSPS) is 16.0. The van der Waals surface area contributed by atoms with Gasteiger partial charge in [0.05, 0.1) is 12.7 Å². The van der Waals surface area contributed by atoms with Crippen molar-refractivity contribution in [2.24, 2.45) is 12.0 Å². The van der Waals surface area contributed by atoms with Crippen molar-refractivity contribution in [1.29, 1.82) is 0 Å². The Bertz CT molecular complexity index is 979. The Balaban J connectivity index is 1.61. The number of rotatable bonds is 5. The van der Waals surface area contributed by atoms with Gasteiger partial charge in [-0.15, -0.1) is 0 Å². The standard InChI is InChI=1S/C20H20ClN3O3/c1-24-12-15(4-6-19(24)25)20(26)23-18-5-3-13(11-22-18)7-14-8-16(21)10-17(9-14)27-2/h3-4,6,8-12,18H,5,7H2,1-2H3,(H,23,26). The molecule has 0 aliphatic carbocycles. The van der Waals surface area contributed by atoms with Gasteiger partial charge in [-0.1, -0.05) is 17.7 Å². The molecule has 1 aliphatic heterocycles. The van der Waals surface area contributed by atoms with E-state index in [-0.39, 0.29) is 17.6 Å². The average molecular weight is 386 g/mol. The number of halogens is 1. The monoisotopic (exact) mass is 385 g/mol. The Morgan fingerprint density at radius 2 is 2.19 bits per heavy atom. The fraction of sp³-hybridized carbons (Fsp3) is 0.250. The number of dihydropyridines is 1. The highest BCUT2D eigenvalue weighted by Crippen LogP contribution is 2.23. The second-order valence-electron chi connectivity index (χ2n) is 6.33. The van der Waals surface area contributed by atoms with E-state index in [0.29, 0.717) is 29.2 Å². The SMILES string of the molecule is COc1cc(Cl)cc(CC2=CCC(NC(=O)c3ccc(=O)n(C)c3)N=C2)c1. The lowest BCUT2D eigenvalue weighted by molar-refractivity contribution is 0.0938. The van der Waals surface area contributed by atoms with Gasteiger partial charge in [0.15, 0.2) is 0 Å². The van der Waals surface area contributed by atoms with Gasteiger partial charge < -0.3 is 14.6 Å². The van der Waals surface area contributed by atoms with Crippen molar-refractivity contribution >= 4 is 23.7 Å². The summed E-state index contributed by atoms with van der Waals surface area (Å²) in [7, 11) is 3.21. The number of benzene rings is 1. The summed E-state index contributed by atoms with van der Waals surface area (Å²) in [5, 5.41) is 3.48. The lowest BCUT2D eigenvalue weighted by Crippen LogP contribution is -2.35. The van der Waals surface area contributed by atoms with E-state index in [2.05, 4.69) is 10.3 Å². The van der Waals surface area contributed by atoms with Gasteiger partial charge in [-0.25, -0.2) is 0 Å². The molecular weight excluding hydrogens is 366 g/mol. The lowest BCUT2D eigenvalue weighted by atomic mass is 10.0. The summed E-state index contributed by atoms with van der Waals surface area (Å²) >= 11 is 6.10. The highest BCUT2D eigenvalue weighted by Gasteiger charge is 2.15. The highest BCUT2D eigenvalue weighted by molar-refractivity contribution is 6.30. The molecule has 0 saturated carbocycles. The number of hydrogen-bond acceptors (Lipinski definition) is 4. The molecule has 1 atom stereocenters. The molecule has 6 nitrogen and oxygen atoms in total. The third-order valence-corrected chi connectivity index (χ3v) is 4.46. The third kappa shape index (κ3) is 4.86. The first-order chi connectivity index (χ1) is 12.9. The minimum absolute atomic E-state index is 0.160. The summed E-state index contributed by atoms with van der Waals surface area (Å²) in [5.74, 6) is 0.456. The predicted octanol–water partition coefficient (Wildman–Crippen LogP) is 2.75. The van der Waals surface area contributed by atoms with Crippen LogP contribution in [0.1, 0.15) is 22.3 Å². The van der Waals surface area contributed by atoms with Crippen LogP contribution in [0, 0.1) is 0 Å². The fourth-order valence-corrected chi connectivity index (χ4v) is 3.06. The Morgan fingerprint density at radius 3 is 2.85 bits per heavy atom. The van der Waals surface area contributed by atoms with Crippen molar-refractivity contribution in [3.05, 3.63) is 74.7 Å². The zero-order valence-electron chi connectivity index (χ0n) is 15.1. The number of allylic oxidation sites excluding steroid dienone is 1. The molecule has 7 heteroatoms. The maximum absolute atomic E-state index is 12.3. The largest absolute Gasteiger partial charge is 0.497 e. The predicted molar refractivity (Wildman–Crippen MR) is 106 cm³/mol. The molecule has 27 heavy (non-hydrogen) atoms. The number of ether oxygens (including phenoxy) is 1. The van der Waals surface area contributed by atoms with Crippen molar-refractivity contribution < 1.29 is 9.53 Å². The lowest BCUT2D eigenvalue weighted by Gasteiger charge is -2.18. The molecule has 0 saturated heterocycles. The van der Waals surface area contributed by atoms with E-state index in [9.17, 15) is 9.59 Å². The van der Waals surface area contributed by atoms with Crippen molar-refractivity contribution in [2.45, 2.75) is 19.0 Å². The van der Waals surface area contributed by atoms with Gasteiger partial charge in [-0.05, 0) is 41.8 Å². The van der Waals surface area contributed by atoms with E-state index < -0.39 is 0 Å². The van der Waals surface area contributed by atoms with Gasteiger partial charge in [0.25, 0.3) is 5.91 Å². The summed E-state index contributed by atoms with van der Waals surface area (Å²) < 4.78 is 6.61. The van der Waals surface area contributed by atoms with Crippen LogP contribution in [-0.4, -0.2) is 30.0 Å². The molecule has 1 aromatic carbocycles. The minimum Gasteiger partial charge on any atom is -0.497 e. The number of nitrogens with one attached hydrogen (secondary N) is 1. The van der Waals surface area contributed by atoms with E-state index in [1.54, 1.807) is 26.4 Å². The zero-order valence-corrected chi connectivity index (χ0v) is 15.9. The molecule has 0 fully saturated rings. The Labute approximate surface area is 162 Å². The first-order valence-electron chi connectivity index (χ1n) is 8.48. The highest BCUT2D eigenvalue weighted by atomic mass is 35.5. The third-order valence-electron chi connectivity index (χ3n) is 4.24. The van der Waals surface area contributed by atoms with Crippen LogP contribution in [0.3, 0.4) is 0 Å². The molecular formula is C20H20ClN3O3. The second-order valence-corrected chi connectivity index (χ2v) is 6.76. The summed E-state index contributed by atoms with van der Waals surface area (Å²) in [5.41, 5.74) is 2.34. The van der Waals surface area contributed by atoms with Crippen LogP contribution in [0.15, 0.2) is 58.0 Å². The molecule has 3 rings (SSSR count). The van der Waals surface area contributed by atoms with Crippen LogP contribution in [0.4, 0.5) is 0 Å². The number of methoxy groups -OCH3 is 1. The Hall–Kier alpha value is -2.86. The number of carbonyl (C=O) groups is 1. The van der Waals surface area contributed by atoms with Gasteiger partial charge in [-0.2, -0.15) is 0 Å². The van der Waals surface area contributed by atoms with Gasteiger partial charge >= 0.3 is 0 Å². The molecule has 1 aromatic heterocycles. The van der Waals surface area contributed by atoms with Crippen LogP contribution < -0.4 is 15.6 Å². The number of aromatic nitrogens is 1. The molecule has 140 valence electrons. The molecule has 1 N–H and O–H groups in total. The molecule has 1 unspecified atom stereocenters. The molecule has 2 aromatic rings. The van der Waals surface area contributed by atoms with Crippen molar-refractivity contribution in [3.63, 3.8) is 0 Å². The number of aliphatic imine (C=N–C) groups is 1. The maximum atomic E-state index is 12.3. The number of amides is 1. The molecule has 2 heterocycles. The molecule has 0 spiro atoms. The van der Waals surface area contributed by atoms with Gasteiger partial charge in [-0.3, -0.25) is 14.6 Å². The number of carbonyl (C=O) groups excluding carboxylic acids is 1. The minimum atomic E-state index is -0.326. The van der Waals surface area contributed by atoms with Gasteiger partial charge in [0.1, 0.15) is 11.9 Å². The van der Waals surface area contributed by atoms with Gasteiger partial charge in [0, 0.05) is 37.0 Å². The van der Waals surface area contributed by atoms with Crippen LogP contribution in [-0.2, 0) is 13.5 Å². The van der Waals surface area contributed by atoms with E-state index in [4.69, 9.17) is 16.3 Å². The quantitative estimate of drug-likeness (QED) is 0.860. The Morgan fingerprint density at radius 1 is 1.37 bits per heavy atom. The number of aryl methyl sites for hydroxylation is 1. The van der Waals surface area contributed by atoms with Gasteiger partial charge in [0.2, 0.25) is 5.56 Å². The van der Waals surface area contributed by atoms with Crippen molar-refractivity contribution in [1.82, 2.24) is 9.88 Å². The van der Waals surface area contributed by atoms with Crippen molar-refractivity contribution in [2.75, 3.05) is 7.11 Å². The first-order valence-corrected chi connectivity index (χ1v) is 8.85.